The summed E-state index contributed by atoms with van der Waals surface area (Å²) in [4.78, 5) is 12.1. The molecule has 1 aliphatic carbocycles. The smallest absolute Gasteiger partial charge is 0.255 e. The van der Waals surface area contributed by atoms with Gasteiger partial charge in [0.25, 0.3) is 5.91 Å². The molecule has 0 saturated heterocycles. The molecule has 0 radical (unpaired) electrons. The monoisotopic (exact) mass is 237 g/mol. The molecule has 5 nitrogen and oxygen atoms in total. The Bertz CT molecular complexity index is 394. The van der Waals surface area contributed by atoms with Gasteiger partial charge in [-0.25, -0.2) is 0 Å². The Morgan fingerprint density at radius 3 is 2.76 bits per heavy atom. The van der Waals surface area contributed by atoms with Gasteiger partial charge in [-0.3, -0.25) is 9.89 Å². The molecule has 1 aliphatic rings. The van der Waals surface area contributed by atoms with Crippen LogP contribution in [0.5, 0.6) is 0 Å². The van der Waals surface area contributed by atoms with E-state index in [1.807, 2.05) is 13.8 Å². The first-order chi connectivity index (χ1) is 8.11. The predicted molar refractivity (Wildman–Crippen MR) is 64.0 cm³/mol. The van der Waals surface area contributed by atoms with Crippen molar-refractivity contribution in [3.05, 3.63) is 17.0 Å². The first-order valence-electron chi connectivity index (χ1n) is 5.97. The van der Waals surface area contributed by atoms with E-state index in [1.54, 1.807) is 7.11 Å². The minimum Gasteiger partial charge on any atom is -0.381 e. The summed E-state index contributed by atoms with van der Waals surface area (Å²) in [6.07, 6.45) is 3.19. The molecular formula is C12H19N3O2. The molecule has 2 N–H and O–H groups in total. The molecule has 0 aromatic carbocycles. The Hall–Kier alpha value is -1.36. The van der Waals surface area contributed by atoms with Gasteiger partial charge in [0.1, 0.15) is 0 Å². The van der Waals surface area contributed by atoms with Crippen LogP contribution in [0.3, 0.4) is 0 Å². The summed E-state index contributed by atoms with van der Waals surface area (Å²) in [6.45, 7) is 3.70. The van der Waals surface area contributed by atoms with E-state index < -0.39 is 0 Å². The lowest BCUT2D eigenvalue weighted by molar-refractivity contribution is 0.0914. The van der Waals surface area contributed by atoms with Crippen molar-refractivity contribution in [3.63, 3.8) is 0 Å². The molecule has 0 bridgehead atoms. The molecule has 1 saturated carbocycles. The van der Waals surface area contributed by atoms with Gasteiger partial charge in [0.05, 0.1) is 17.4 Å². The highest BCUT2D eigenvalue weighted by atomic mass is 16.5. The minimum atomic E-state index is -0.0319. The maximum atomic E-state index is 12.1. The van der Waals surface area contributed by atoms with E-state index in [1.165, 1.54) is 0 Å². The van der Waals surface area contributed by atoms with Crippen molar-refractivity contribution in [1.29, 1.82) is 0 Å². The van der Waals surface area contributed by atoms with Crippen molar-refractivity contribution >= 4 is 5.91 Å². The summed E-state index contributed by atoms with van der Waals surface area (Å²) < 4.78 is 5.29. The highest BCUT2D eigenvalue weighted by molar-refractivity contribution is 5.96. The van der Waals surface area contributed by atoms with Gasteiger partial charge in [-0.2, -0.15) is 5.10 Å². The highest BCUT2D eigenvalue weighted by Gasteiger charge is 2.27. The maximum absolute atomic E-state index is 12.1. The molecule has 1 amide bonds. The number of aromatic amines is 1. The number of nitrogens with zero attached hydrogens (tertiary/aromatic N) is 1. The molecule has 0 spiro atoms. The zero-order valence-corrected chi connectivity index (χ0v) is 10.5. The van der Waals surface area contributed by atoms with Gasteiger partial charge in [-0.15, -0.1) is 0 Å². The highest BCUT2D eigenvalue weighted by Crippen LogP contribution is 2.22. The van der Waals surface area contributed by atoms with Crippen LogP contribution in [-0.4, -0.2) is 35.4 Å². The predicted octanol–water partition coefficient (Wildman–Crippen LogP) is 1.32. The number of aromatic nitrogens is 2. The van der Waals surface area contributed by atoms with E-state index in [9.17, 15) is 4.79 Å². The SMILES string of the molecule is COC1CCC(NC(=O)c2c(C)n[nH]c2C)C1. The second-order valence-corrected chi connectivity index (χ2v) is 4.65. The number of carbonyl (C=O) groups is 1. The van der Waals surface area contributed by atoms with Crippen LogP contribution in [0.4, 0.5) is 0 Å². The Morgan fingerprint density at radius 2 is 2.24 bits per heavy atom. The van der Waals surface area contributed by atoms with Gasteiger partial charge >= 0.3 is 0 Å². The van der Waals surface area contributed by atoms with Gasteiger partial charge < -0.3 is 10.1 Å². The standard InChI is InChI=1S/C12H19N3O2/c1-7-11(8(2)15-14-7)12(16)13-9-4-5-10(6-9)17-3/h9-10H,4-6H2,1-3H3,(H,13,16)(H,14,15). The minimum absolute atomic E-state index is 0.0319. The molecule has 1 heterocycles. The lowest BCUT2D eigenvalue weighted by atomic mass is 10.1. The number of ether oxygens (including phenoxy) is 1. The number of hydrogen-bond acceptors (Lipinski definition) is 3. The lowest BCUT2D eigenvalue weighted by Crippen LogP contribution is -2.34. The topological polar surface area (TPSA) is 67.0 Å². The van der Waals surface area contributed by atoms with Gasteiger partial charge in [-0.1, -0.05) is 0 Å². The number of H-pyrrole nitrogens is 1. The van der Waals surface area contributed by atoms with Gasteiger partial charge in [0.15, 0.2) is 0 Å². The Balaban J connectivity index is 1.99. The number of hydrogen-bond donors (Lipinski definition) is 2. The second-order valence-electron chi connectivity index (χ2n) is 4.65. The van der Waals surface area contributed by atoms with Crippen molar-refractivity contribution in [1.82, 2.24) is 15.5 Å². The number of methoxy groups -OCH3 is 1. The average molecular weight is 237 g/mol. The van der Waals surface area contributed by atoms with Gasteiger partial charge in [0.2, 0.25) is 0 Å². The van der Waals surface area contributed by atoms with Crippen molar-refractivity contribution in [2.45, 2.75) is 45.3 Å². The van der Waals surface area contributed by atoms with Crippen LogP contribution in [0.2, 0.25) is 0 Å². The first kappa shape index (κ1) is 12.1. The van der Waals surface area contributed by atoms with E-state index in [0.717, 1.165) is 30.7 Å². The van der Waals surface area contributed by atoms with E-state index in [4.69, 9.17) is 4.74 Å². The molecule has 1 aromatic rings. The summed E-state index contributed by atoms with van der Waals surface area (Å²) in [6, 6.07) is 0.223. The zero-order valence-electron chi connectivity index (χ0n) is 10.5. The fourth-order valence-corrected chi connectivity index (χ4v) is 2.43. The molecular weight excluding hydrogens is 218 g/mol. The van der Waals surface area contributed by atoms with E-state index in [2.05, 4.69) is 15.5 Å². The largest absolute Gasteiger partial charge is 0.381 e. The number of aryl methyl sites for hydroxylation is 2. The van der Waals surface area contributed by atoms with E-state index >= 15 is 0 Å². The molecule has 2 unspecified atom stereocenters. The molecule has 1 aromatic heterocycles. The zero-order chi connectivity index (χ0) is 12.4. The fraction of sp³-hybridized carbons (Fsp3) is 0.667. The van der Waals surface area contributed by atoms with Gasteiger partial charge in [-0.05, 0) is 33.1 Å². The number of rotatable bonds is 3. The first-order valence-corrected chi connectivity index (χ1v) is 5.97. The maximum Gasteiger partial charge on any atom is 0.255 e. The molecule has 2 atom stereocenters. The van der Waals surface area contributed by atoms with Crippen LogP contribution in [0.25, 0.3) is 0 Å². The fourth-order valence-electron chi connectivity index (χ4n) is 2.43. The number of amides is 1. The van der Waals surface area contributed by atoms with Crippen LogP contribution in [0.15, 0.2) is 0 Å². The molecule has 17 heavy (non-hydrogen) atoms. The summed E-state index contributed by atoms with van der Waals surface area (Å²) in [5.41, 5.74) is 2.24. The van der Waals surface area contributed by atoms with Crippen LogP contribution in [0, 0.1) is 13.8 Å². The molecule has 94 valence electrons. The van der Waals surface area contributed by atoms with E-state index in [0.29, 0.717) is 5.56 Å². The van der Waals surface area contributed by atoms with Crippen molar-refractivity contribution in [3.8, 4) is 0 Å². The second kappa shape index (κ2) is 4.87. The molecule has 0 aliphatic heterocycles. The van der Waals surface area contributed by atoms with Crippen molar-refractivity contribution in [2.75, 3.05) is 7.11 Å². The Labute approximate surface area is 101 Å². The normalized spacial score (nSPS) is 23.9. The van der Waals surface area contributed by atoms with Crippen LogP contribution < -0.4 is 5.32 Å². The summed E-state index contributed by atoms with van der Waals surface area (Å²) in [7, 11) is 1.72. The third kappa shape index (κ3) is 2.49. The lowest BCUT2D eigenvalue weighted by Gasteiger charge is -2.12. The quantitative estimate of drug-likeness (QED) is 0.833. The molecule has 1 fully saturated rings. The van der Waals surface area contributed by atoms with Gasteiger partial charge in [0, 0.05) is 18.8 Å². The Kier molecular flexibility index (Phi) is 3.47. The molecule has 5 heteroatoms. The Morgan fingerprint density at radius 1 is 1.47 bits per heavy atom. The number of carbonyl (C=O) groups excluding carboxylic acids is 1. The average Bonchev–Trinajstić information content (AvgIpc) is 2.86. The molecule has 2 rings (SSSR count). The third-order valence-electron chi connectivity index (χ3n) is 3.41. The summed E-state index contributed by atoms with van der Waals surface area (Å²) in [5, 5.41) is 9.91. The van der Waals surface area contributed by atoms with E-state index in [-0.39, 0.29) is 18.1 Å². The number of nitrogens with one attached hydrogen (secondary N) is 2. The van der Waals surface area contributed by atoms with Crippen LogP contribution >= 0.6 is 0 Å². The third-order valence-corrected chi connectivity index (χ3v) is 3.41. The summed E-state index contributed by atoms with van der Waals surface area (Å²) >= 11 is 0. The van der Waals surface area contributed by atoms with Crippen LogP contribution in [-0.2, 0) is 4.74 Å². The van der Waals surface area contributed by atoms with Crippen molar-refractivity contribution < 1.29 is 9.53 Å². The van der Waals surface area contributed by atoms with Crippen molar-refractivity contribution in [2.24, 2.45) is 0 Å². The summed E-state index contributed by atoms with van der Waals surface area (Å²) in [5.74, 6) is -0.0319. The van der Waals surface area contributed by atoms with Crippen LogP contribution in [0.1, 0.15) is 41.0 Å².